The molecule has 0 spiro atoms. The van der Waals surface area contributed by atoms with Crippen LogP contribution >= 0.6 is 0 Å². The van der Waals surface area contributed by atoms with Crippen LogP contribution in [0.25, 0.3) is 0 Å². The molecular weight excluding hydrogens is 196 g/mol. The smallest absolute Gasteiger partial charge is 0.124 e. The first kappa shape index (κ1) is 11.0. The average molecular weight is 214 g/mol. The fourth-order valence-electron chi connectivity index (χ4n) is 2.14. The van der Waals surface area contributed by atoms with E-state index in [-0.39, 0.29) is 6.10 Å². The topological polar surface area (TPSA) is 9.23 Å². The number of hydrogen-bond donors (Lipinski definition) is 0. The van der Waals surface area contributed by atoms with E-state index in [1.165, 1.54) is 11.1 Å². The first-order chi connectivity index (χ1) is 7.85. The monoisotopic (exact) mass is 214 g/mol. The Balaban J connectivity index is 2.17. The van der Waals surface area contributed by atoms with Crippen LogP contribution in [0.4, 0.5) is 0 Å². The molecular formula is C15H18O. The lowest BCUT2D eigenvalue weighted by atomic mass is 9.96. The quantitative estimate of drug-likeness (QED) is 0.673. The van der Waals surface area contributed by atoms with Gasteiger partial charge in [0.15, 0.2) is 0 Å². The lowest BCUT2D eigenvalue weighted by Crippen LogP contribution is -2.12. The summed E-state index contributed by atoms with van der Waals surface area (Å²) in [6.07, 6.45) is 6.61. The Bertz CT molecular complexity index is 401. The van der Waals surface area contributed by atoms with Gasteiger partial charge in [0, 0.05) is 0 Å². The van der Waals surface area contributed by atoms with Gasteiger partial charge in [0.2, 0.25) is 0 Å². The average Bonchev–Trinajstić information content (AvgIpc) is 2.39. The van der Waals surface area contributed by atoms with Crippen molar-refractivity contribution in [3.8, 4) is 0 Å². The van der Waals surface area contributed by atoms with Crippen molar-refractivity contribution in [3.63, 3.8) is 0 Å². The lowest BCUT2D eigenvalue weighted by Gasteiger charge is -2.28. The van der Waals surface area contributed by atoms with Gasteiger partial charge in [0.1, 0.15) is 11.9 Å². The van der Waals surface area contributed by atoms with Crippen LogP contribution < -0.4 is 0 Å². The highest BCUT2D eigenvalue weighted by Gasteiger charge is 2.21. The summed E-state index contributed by atoms with van der Waals surface area (Å²) in [6.45, 7) is 4.11. The van der Waals surface area contributed by atoms with E-state index >= 15 is 0 Å². The van der Waals surface area contributed by atoms with Crippen molar-refractivity contribution in [2.45, 2.75) is 32.8 Å². The van der Waals surface area contributed by atoms with Crippen molar-refractivity contribution in [1.29, 1.82) is 0 Å². The molecule has 1 atom stereocenters. The Morgan fingerprint density at radius 3 is 2.50 bits per heavy atom. The van der Waals surface area contributed by atoms with Crippen molar-refractivity contribution in [1.82, 2.24) is 0 Å². The summed E-state index contributed by atoms with van der Waals surface area (Å²) in [5, 5.41) is 0. The van der Waals surface area contributed by atoms with Crippen LogP contribution in [0.3, 0.4) is 0 Å². The molecule has 1 aromatic rings. The highest BCUT2D eigenvalue weighted by molar-refractivity contribution is 5.29. The molecule has 0 aliphatic carbocycles. The van der Waals surface area contributed by atoms with Crippen molar-refractivity contribution in [3.05, 3.63) is 59.4 Å². The molecule has 0 saturated carbocycles. The maximum absolute atomic E-state index is 6.02. The van der Waals surface area contributed by atoms with Gasteiger partial charge in [-0.3, -0.25) is 0 Å². The molecule has 84 valence electrons. The van der Waals surface area contributed by atoms with E-state index in [1.807, 2.05) is 13.0 Å². The van der Waals surface area contributed by atoms with Gasteiger partial charge < -0.3 is 4.74 Å². The molecule has 0 N–H and O–H groups in total. The minimum absolute atomic E-state index is 0.219. The Morgan fingerprint density at radius 1 is 1.12 bits per heavy atom. The van der Waals surface area contributed by atoms with Gasteiger partial charge in [-0.25, -0.2) is 0 Å². The molecule has 1 heteroatoms. The molecule has 1 aromatic carbocycles. The number of allylic oxidation sites excluding steroid dienone is 3. The molecule has 1 heterocycles. The molecule has 1 fully saturated rings. The second-order valence-electron chi connectivity index (χ2n) is 4.02. The zero-order valence-electron chi connectivity index (χ0n) is 9.94. The van der Waals surface area contributed by atoms with Gasteiger partial charge in [0.25, 0.3) is 0 Å². The molecule has 0 radical (unpaired) electrons. The molecule has 1 nitrogen and oxygen atoms in total. The summed E-state index contributed by atoms with van der Waals surface area (Å²) in [4.78, 5) is 0. The molecule has 1 saturated heterocycles. The van der Waals surface area contributed by atoms with E-state index in [0.29, 0.717) is 0 Å². The first-order valence-corrected chi connectivity index (χ1v) is 5.88. The Morgan fingerprint density at radius 2 is 1.88 bits per heavy atom. The molecule has 0 amide bonds. The van der Waals surface area contributed by atoms with Gasteiger partial charge in [-0.05, 0) is 43.9 Å². The van der Waals surface area contributed by atoms with Gasteiger partial charge in [-0.1, -0.05) is 36.4 Å². The fourth-order valence-corrected chi connectivity index (χ4v) is 2.14. The third-order valence-electron chi connectivity index (χ3n) is 3.04. The van der Waals surface area contributed by atoms with Crippen LogP contribution in [0.2, 0.25) is 0 Å². The van der Waals surface area contributed by atoms with Crippen LogP contribution in [-0.2, 0) is 4.74 Å². The van der Waals surface area contributed by atoms with E-state index in [9.17, 15) is 0 Å². The molecule has 16 heavy (non-hydrogen) atoms. The van der Waals surface area contributed by atoms with E-state index < -0.39 is 0 Å². The zero-order chi connectivity index (χ0) is 11.4. The summed E-state index contributed by atoms with van der Waals surface area (Å²) in [6, 6.07) is 10.5. The minimum atomic E-state index is 0.219. The molecule has 1 aliphatic rings. The van der Waals surface area contributed by atoms with Crippen molar-refractivity contribution < 1.29 is 4.74 Å². The second-order valence-corrected chi connectivity index (χ2v) is 4.02. The van der Waals surface area contributed by atoms with Gasteiger partial charge in [-0.15, -0.1) is 0 Å². The first-order valence-electron chi connectivity index (χ1n) is 5.88. The van der Waals surface area contributed by atoms with Crippen LogP contribution in [0.5, 0.6) is 0 Å². The van der Waals surface area contributed by atoms with Gasteiger partial charge in [0.05, 0.1) is 0 Å². The van der Waals surface area contributed by atoms with Crippen LogP contribution in [-0.4, -0.2) is 0 Å². The van der Waals surface area contributed by atoms with E-state index in [4.69, 9.17) is 4.74 Å². The standard InChI is InChI=1S/C15H18O/c1-3-12-10-11-15(16-14(12)4-2)13-8-6-5-7-9-13/h3-9,15H,10-11H2,1-2H3/b12-3-,14-4+. The van der Waals surface area contributed by atoms with E-state index in [0.717, 1.165) is 18.6 Å². The molecule has 1 aliphatic heterocycles. The van der Waals surface area contributed by atoms with Crippen molar-refractivity contribution in [2.24, 2.45) is 0 Å². The SMILES string of the molecule is C/C=C1/CCC(c2ccccc2)O/C1=C/C. The zero-order valence-corrected chi connectivity index (χ0v) is 9.94. The number of ether oxygens (including phenoxy) is 1. The highest BCUT2D eigenvalue weighted by atomic mass is 16.5. The van der Waals surface area contributed by atoms with Crippen LogP contribution in [0.15, 0.2) is 53.8 Å². The van der Waals surface area contributed by atoms with Gasteiger partial charge in [-0.2, -0.15) is 0 Å². The maximum Gasteiger partial charge on any atom is 0.124 e. The maximum atomic E-state index is 6.02. The van der Waals surface area contributed by atoms with Crippen molar-refractivity contribution >= 4 is 0 Å². The lowest BCUT2D eigenvalue weighted by molar-refractivity contribution is 0.0948. The van der Waals surface area contributed by atoms with Crippen molar-refractivity contribution in [2.75, 3.05) is 0 Å². The van der Waals surface area contributed by atoms with E-state index in [1.54, 1.807) is 0 Å². The Kier molecular flexibility index (Phi) is 3.45. The summed E-state index contributed by atoms with van der Waals surface area (Å²) < 4.78 is 6.02. The van der Waals surface area contributed by atoms with Gasteiger partial charge >= 0.3 is 0 Å². The predicted octanol–water partition coefficient (Wildman–Crippen LogP) is 4.39. The number of rotatable bonds is 1. The molecule has 0 aromatic heterocycles. The normalized spacial score (nSPS) is 25.8. The third kappa shape index (κ3) is 2.19. The van der Waals surface area contributed by atoms with E-state index in [2.05, 4.69) is 43.3 Å². The summed E-state index contributed by atoms with van der Waals surface area (Å²) in [7, 11) is 0. The molecule has 1 unspecified atom stereocenters. The molecule has 2 rings (SSSR count). The number of hydrogen-bond acceptors (Lipinski definition) is 1. The highest BCUT2D eigenvalue weighted by Crippen LogP contribution is 2.35. The number of benzene rings is 1. The largest absolute Gasteiger partial charge is 0.486 e. The summed E-state index contributed by atoms with van der Waals surface area (Å²) >= 11 is 0. The van der Waals surface area contributed by atoms with Crippen LogP contribution in [0, 0.1) is 0 Å². The Labute approximate surface area is 97.4 Å². The Hall–Kier alpha value is -1.50. The second kappa shape index (κ2) is 5.02. The predicted molar refractivity (Wildman–Crippen MR) is 67.0 cm³/mol. The van der Waals surface area contributed by atoms with Crippen LogP contribution in [0.1, 0.15) is 38.4 Å². The summed E-state index contributed by atoms with van der Waals surface area (Å²) in [5.74, 6) is 1.04. The fraction of sp³-hybridized carbons (Fsp3) is 0.333. The molecule has 0 bridgehead atoms. The summed E-state index contributed by atoms with van der Waals surface area (Å²) in [5.41, 5.74) is 2.60. The minimum Gasteiger partial charge on any atom is -0.486 e. The third-order valence-corrected chi connectivity index (χ3v) is 3.04.